The molecule has 1 rings (SSSR count). The molecule has 4 heteroatoms. The van der Waals surface area contributed by atoms with E-state index in [9.17, 15) is 9.59 Å². The van der Waals surface area contributed by atoms with Crippen LogP contribution in [0.3, 0.4) is 0 Å². The summed E-state index contributed by atoms with van der Waals surface area (Å²) in [5.74, 6) is 0.214. The Morgan fingerprint density at radius 1 is 1.47 bits per heavy atom. The summed E-state index contributed by atoms with van der Waals surface area (Å²) in [6.07, 6.45) is 10.2. The summed E-state index contributed by atoms with van der Waals surface area (Å²) in [4.78, 5) is 23.0. The number of amides is 1. The van der Waals surface area contributed by atoms with Crippen molar-refractivity contribution >= 4 is 11.9 Å². The van der Waals surface area contributed by atoms with E-state index in [4.69, 9.17) is 11.5 Å². The van der Waals surface area contributed by atoms with Gasteiger partial charge in [0.2, 0.25) is 5.91 Å². The van der Waals surface area contributed by atoms with Crippen LogP contribution >= 0.6 is 0 Å². The van der Waals surface area contributed by atoms with Gasteiger partial charge in [-0.1, -0.05) is 12.2 Å². The van der Waals surface area contributed by atoms with Crippen LogP contribution in [-0.2, 0) is 9.59 Å². The van der Waals surface area contributed by atoms with Crippen LogP contribution in [0.15, 0.2) is 12.2 Å². The van der Waals surface area contributed by atoms with E-state index in [1.807, 2.05) is 19.1 Å². The second-order valence-corrected chi connectivity index (χ2v) is 4.31. The molecule has 0 radical (unpaired) electrons. The maximum Gasteiger partial charge on any atom is 0.307 e. The molecule has 92 valence electrons. The zero-order valence-corrected chi connectivity index (χ0v) is 9.85. The fraction of sp³-hybridized carbons (Fsp3) is 0.538. The van der Waals surface area contributed by atoms with Gasteiger partial charge in [0.25, 0.3) is 0 Å². The third-order valence-electron chi connectivity index (χ3n) is 2.90. The van der Waals surface area contributed by atoms with Crippen molar-refractivity contribution in [2.45, 2.75) is 32.2 Å². The summed E-state index contributed by atoms with van der Waals surface area (Å²) in [7, 11) is 0. The van der Waals surface area contributed by atoms with Crippen molar-refractivity contribution in [3.8, 4) is 12.3 Å². The fourth-order valence-corrected chi connectivity index (χ4v) is 1.95. The first-order valence-corrected chi connectivity index (χ1v) is 5.68. The highest BCUT2D eigenvalue weighted by atomic mass is 16.4. The van der Waals surface area contributed by atoms with E-state index in [-0.39, 0.29) is 11.9 Å². The summed E-state index contributed by atoms with van der Waals surface area (Å²) in [5, 5.41) is 11.8. The molecule has 0 fully saturated rings. The monoisotopic (exact) mass is 235 g/mol. The average molecular weight is 235 g/mol. The van der Waals surface area contributed by atoms with Crippen LogP contribution in [0.1, 0.15) is 26.2 Å². The van der Waals surface area contributed by atoms with Crippen molar-refractivity contribution in [2.75, 3.05) is 0 Å². The molecule has 4 nitrogen and oxygen atoms in total. The van der Waals surface area contributed by atoms with Crippen LogP contribution in [-0.4, -0.2) is 23.0 Å². The van der Waals surface area contributed by atoms with Gasteiger partial charge in [0.1, 0.15) is 0 Å². The molecule has 2 N–H and O–H groups in total. The summed E-state index contributed by atoms with van der Waals surface area (Å²) < 4.78 is 0. The maximum atomic E-state index is 11.9. The number of hydrogen-bond acceptors (Lipinski definition) is 2. The number of aliphatic carboxylic acids is 1. The second-order valence-electron chi connectivity index (χ2n) is 4.31. The van der Waals surface area contributed by atoms with Crippen molar-refractivity contribution in [1.29, 1.82) is 0 Å². The molecule has 1 amide bonds. The van der Waals surface area contributed by atoms with E-state index >= 15 is 0 Å². The zero-order chi connectivity index (χ0) is 12.8. The van der Waals surface area contributed by atoms with Crippen LogP contribution in [0, 0.1) is 24.2 Å². The highest BCUT2D eigenvalue weighted by Gasteiger charge is 2.34. The Morgan fingerprint density at radius 2 is 2.06 bits per heavy atom. The smallest absolute Gasteiger partial charge is 0.307 e. The van der Waals surface area contributed by atoms with Crippen molar-refractivity contribution in [3.05, 3.63) is 12.2 Å². The van der Waals surface area contributed by atoms with Crippen molar-refractivity contribution < 1.29 is 14.7 Å². The summed E-state index contributed by atoms with van der Waals surface area (Å²) in [6, 6.07) is -0.118. The van der Waals surface area contributed by atoms with Crippen LogP contribution in [0.4, 0.5) is 0 Å². The Morgan fingerprint density at radius 3 is 2.59 bits per heavy atom. The summed E-state index contributed by atoms with van der Waals surface area (Å²) in [6.45, 7) is 1.81. The van der Waals surface area contributed by atoms with Gasteiger partial charge in [0.15, 0.2) is 0 Å². The normalized spacial score (nSPS) is 24.7. The number of rotatable bonds is 4. The molecular weight excluding hydrogens is 218 g/mol. The molecule has 1 unspecified atom stereocenters. The third-order valence-corrected chi connectivity index (χ3v) is 2.90. The topological polar surface area (TPSA) is 66.4 Å². The number of hydrogen-bond donors (Lipinski definition) is 2. The van der Waals surface area contributed by atoms with Gasteiger partial charge in [-0.2, -0.15) is 0 Å². The number of carbonyl (C=O) groups excluding carboxylic acids is 1. The molecule has 0 aliphatic heterocycles. The van der Waals surface area contributed by atoms with Gasteiger partial charge in [0.05, 0.1) is 11.8 Å². The molecule has 1 aliphatic rings. The lowest BCUT2D eigenvalue weighted by atomic mass is 9.82. The first kappa shape index (κ1) is 13.3. The molecule has 0 bridgehead atoms. The van der Waals surface area contributed by atoms with E-state index in [2.05, 4.69) is 11.2 Å². The van der Waals surface area contributed by atoms with E-state index < -0.39 is 17.8 Å². The first-order chi connectivity index (χ1) is 8.06. The molecule has 0 heterocycles. The SMILES string of the molecule is C#CCC(C)NC(=O)[C@@H]1CC=CC[C@@H]1C(=O)O. The number of carbonyl (C=O) groups is 2. The largest absolute Gasteiger partial charge is 0.481 e. The lowest BCUT2D eigenvalue weighted by Gasteiger charge is -2.25. The molecule has 0 spiro atoms. The predicted octanol–water partition coefficient (Wildman–Crippen LogP) is 1.18. The number of allylic oxidation sites excluding steroid dienone is 2. The van der Waals surface area contributed by atoms with Crippen LogP contribution < -0.4 is 5.32 Å². The van der Waals surface area contributed by atoms with E-state index in [1.54, 1.807) is 0 Å². The Labute approximate surface area is 101 Å². The third kappa shape index (κ3) is 3.63. The van der Waals surface area contributed by atoms with E-state index in [1.165, 1.54) is 0 Å². The minimum atomic E-state index is -0.917. The van der Waals surface area contributed by atoms with Crippen LogP contribution in [0.5, 0.6) is 0 Å². The van der Waals surface area contributed by atoms with Gasteiger partial charge in [-0.3, -0.25) is 9.59 Å². The fourth-order valence-electron chi connectivity index (χ4n) is 1.95. The molecule has 17 heavy (non-hydrogen) atoms. The Kier molecular flexibility index (Phi) is 4.77. The summed E-state index contributed by atoms with van der Waals surface area (Å²) >= 11 is 0. The highest BCUT2D eigenvalue weighted by molar-refractivity contribution is 5.85. The predicted molar refractivity (Wildman–Crippen MR) is 64.0 cm³/mol. The van der Waals surface area contributed by atoms with Gasteiger partial charge in [-0.15, -0.1) is 12.3 Å². The van der Waals surface area contributed by atoms with Crippen LogP contribution in [0.2, 0.25) is 0 Å². The Bertz CT molecular complexity index is 367. The average Bonchev–Trinajstić information content (AvgIpc) is 2.29. The number of carboxylic acid groups (broad SMARTS) is 1. The maximum absolute atomic E-state index is 11.9. The van der Waals surface area contributed by atoms with Crippen molar-refractivity contribution in [1.82, 2.24) is 5.32 Å². The Balaban J connectivity index is 2.64. The Hall–Kier alpha value is -1.76. The van der Waals surface area contributed by atoms with Crippen LogP contribution in [0.25, 0.3) is 0 Å². The second kappa shape index (κ2) is 6.09. The molecule has 0 saturated heterocycles. The summed E-state index contributed by atoms with van der Waals surface area (Å²) in [5.41, 5.74) is 0. The van der Waals surface area contributed by atoms with Gasteiger partial charge in [-0.25, -0.2) is 0 Å². The lowest BCUT2D eigenvalue weighted by Crippen LogP contribution is -2.42. The standard InChI is InChI=1S/C13H17NO3/c1-3-6-9(2)14-12(15)10-7-4-5-8-11(10)13(16)17/h1,4-5,9-11H,6-8H2,2H3,(H,14,15)(H,16,17)/t9?,10-,11+/m1/s1. The van der Waals surface area contributed by atoms with Gasteiger partial charge >= 0.3 is 5.97 Å². The van der Waals surface area contributed by atoms with Gasteiger partial charge in [-0.05, 0) is 19.8 Å². The van der Waals surface area contributed by atoms with Gasteiger partial charge in [0, 0.05) is 12.5 Å². The minimum Gasteiger partial charge on any atom is -0.481 e. The lowest BCUT2D eigenvalue weighted by molar-refractivity contribution is -0.147. The molecule has 0 aromatic heterocycles. The molecule has 0 aromatic carbocycles. The van der Waals surface area contributed by atoms with E-state index in [0.717, 1.165) is 0 Å². The van der Waals surface area contributed by atoms with Gasteiger partial charge < -0.3 is 10.4 Å². The quantitative estimate of drug-likeness (QED) is 0.568. The van der Waals surface area contributed by atoms with Crippen molar-refractivity contribution in [2.24, 2.45) is 11.8 Å². The number of nitrogens with one attached hydrogen (secondary N) is 1. The molecule has 0 saturated carbocycles. The number of carboxylic acids is 1. The molecule has 0 aromatic rings. The molecule has 1 aliphatic carbocycles. The molecular formula is C13H17NO3. The zero-order valence-electron chi connectivity index (χ0n) is 9.85. The highest BCUT2D eigenvalue weighted by Crippen LogP contribution is 2.26. The molecule has 3 atom stereocenters. The van der Waals surface area contributed by atoms with E-state index in [0.29, 0.717) is 19.3 Å². The first-order valence-electron chi connectivity index (χ1n) is 5.68. The number of terminal acetylenes is 1. The minimum absolute atomic E-state index is 0.118. The van der Waals surface area contributed by atoms with Crippen molar-refractivity contribution in [3.63, 3.8) is 0 Å².